The second-order valence-corrected chi connectivity index (χ2v) is 5.77. The third kappa shape index (κ3) is 3.92. The van der Waals surface area contributed by atoms with Crippen molar-refractivity contribution in [2.45, 2.75) is 25.0 Å². The molecule has 1 fully saturated rings. The van der Waals surface area contributed by atoms with Gasteiger partial charge in [-0.2, -0.15) is 0 Å². The smallest absolute Gasteiger partial charge is 0.325 e. The first kappa shape index (κ1) is 14.8. The number of hydrogen-bond acceptors (Lipinski definition) is 3. The van der Waals surface area contributed by atoms with E-state index in [1.807, 2.05) is 0 Å². The number of rotatable bonds is 5. The van der Waals surface area contributed by atoms with Gasteiger partial charge in [0.1, 0.15) is 6.04 Å². The van der Waals surface area contributed by atoms with Gasteiger partial charge in [-0.3, -0.25) is 10.1 Å². The van der Waals surface area contributed by atoms with E-state index < -0.39 is 12.0 Å². The minimum absolute atomic E-state index is 0.0970. The Morgan fingerprint density at radius 1 is 1.63 bits per heavy atom. The largest absolute Gasteiger partial charge is 0.480 e. The van der Waals surface area contributed by atoms with Crippen LogP contribution in [-0.2, 0) is 9.53 Å². The minimum Gasteiger partial charge on any atom is -0.480 e. The molecule has 0 spiro atoms. The third-order valence-corrected chi connectivity index (χ3v) is 4.05. The molecule has 0 amide bonds. The summed E-state index contributed by atoms with van der Waals surface area (Å²) in [5, 5.41) is 12.9. The molecule has 0 bridgehead atoms. The first-order valence-electron chi connectivity index (χ1n) is 6.10. The highest BCUT2D eigenvalue weighted by Gasteiger charge is 2.24. The molecule has 1 heterocycles. The van der Waals surface area contributed by atoms with Crippen LogP contribution in [-0.4, -0.2) is 30.3 Å². The predicted molar refractivity (Wildman–Crippen MR) is 76.5 cm³/mol. The van der Waals surface area contributed by atoms with Crippen LogP contribution in [0.1, 0.15) is 24.4 Å². The first-order chi connectivity index (χ1) is 9.08. The van der Waals surface area contributed by atoms with Crippen molar-refractivity contribution in [1.29, 1.82) is 0 Å². The van der Waals surface area contributed by atoms with E-state index in [1.54, 1.807) is 18.2 Å². The summed E-state index contributed by atoms with van der Waals surface area (Å²) in [5.41, 5.74) is 0.623. The molecule has 2 rings (SSSR count). The maximum absolute atomic E-state index is 11.4. The van der Waals surface area contributed by atoms with Gasteiger partial charge < -0.3 is 9.84 Å². The van der Waals surface area contributed by atoms with E-state index in [-0.39, 0.29) is 6.10 Å². The van der Waals surface area contributed by atoms with Gasteiger partial charge in [0.2, 0.25) is 0 Å². The second kappa shape index (κ2) is 6.70. The van der Waals surface area contributed by atoms with E-state index in [4.69, 9.17) is 16.3 Å². The molecule has 2 atom stereocenters. The van der Waals surface area contributed by atoms with Crippen molar-refractivity contribution in [2.24, 2.45) is 0 Å². The summed E-state index contributed by atoms with van der Waals surface area (Å²) in [6, 6.07) is 4.33. The van der Waals surface area contributed by atoms with Gasteiger partial charge in [-0.25, -0.2) is 0 Å². The lowest BCUT2D eigenvalue weighted by Gasteiger charge is -2.19. The number of benzene rings is 1. The summed E-state index contributed by atoms with van der Waals surface area (Å²) >= 11 is 9.29. The molecule has 1 aliphatic heterocycles. The van der Waals surface area contributed by atoms with Crippen molar-refractivity contribution in [3.8, 4) is 0 Å². The number of ether oxygens (including phenoxy) is 1. The van der Waals surface area contributed by atoms with Crippen LogP contribution in [0.2, 0.25) is 5.02 Å². The fourth-order valence-electron chi connectivity index (χ4n) is 2.12. The summed E-state index contributed by atoms with van der Waals surface area (Å²) in [4.78, 5) is 11.4. The zero-order valence-corrected chi connectivity index (χ0v) is 12.6. The Kier molecular flexibility index (Phi) is 5.21. The maximum atomic E-state index is 11.4. The van der Waals surface area contributed by atoms with Crippen LogP contribution in [0.15, 0.2) is 22.7 Å². The highest BCUT2D eigenvalue weighted by atomic mass is 79.9. The maximum Gasteiger partial charge on any atom is 0.325 e. The lowest BCUT2D eigenvalue weighted by atomic mass is 10.1. The molecular weight excluding hydrogens is 334 g/mol. The summed E-state index contributed by atoms with van der Waals surface area (Å²) in [6.07, 6.45) is 2.10. The Balaban J connectivity index is 2.10. The fourth-order valence-corrected chi connectivity index (χ4v) is 2.78. The molecule has 4 nitrogen and oxygen atoms in total. The van der Waals surface area contributed by atoms with E-state index >= 15 is 0 Å². The quantitative estimate of drug-likeness (QED) is 0.859. The zero-order valence-electron chi connectivity index (χ0n) is 10.2. The molecule has 1 aromatic carbocycles. The summed E-state index contributed by atoms with van der Waals surface area (Å²) in [5.74, 6) is -0.930. The topological polar surface area (TPSA) is 58.6 Å². The fraction of sp³-hybridized carbons (Fsp3) is 0.462. The van der Waals surface area contributed by atoms with Gasteiger partial charge >= 0.3 is 5.97 Å². The second-order valence-electron chi connectivity index (χ2n) is 4.48. The average Bonchev–Trinajstić information content (AvgIpc) is 2.86. The Hall–Kier alpha value is -0.620. The van der Waals surface area contributed by atoms with E-state index in [0.717, 1.165) is 23.9 Å². The Morgan fingerprint density at radius 2 is 2.42 bits per heavy atom. The average molecular weight is 349 g/mol. The summed E-state index contributed by atoms with van der Waals surface area (Å²) in [7, 11) is 0. The lowest BCUT2D eigenvalue weighted by Crippen LogP contribution is -2.34. The molecule has 0 aliphatic carbocycles. The normalized spacial score (nSPS) is 20.4. The van der Waals surface area contributed by atoms with E-state index in [1.165, 1.54) is 0 Å². The molecule has 19 heavy (non-hydrogen) atoms. The van der Waals surface area contributed by atoms with Gasteiger partial charge in [0.05, 0.1) is 6.10 Å². The number of hydrogen-bond donors (Lipinski definition) is 2. The standard InChI is InChI=1S/C13H15BrClNO3/c14-11-4-3-8(15)6-10(11)12(13(17)18)16-7-9-2-1-5-19-9/h3-4,6,9,12,16H,1-2,5,7H2,(H,17,18). The highest BCUT2D eigenvalue weighted by Crippen LogP contribution is 2.27. The molecular formula is C13H15BrClNO3. The molecule has 0 saturated carbocycles. The monoisotopic (exact) mass is 347 g/mol. The van der Waals surface area contributed by atoms with Crippen LogP contribution in [0, 0.1) is 0 Å². The van der Waals surface area contributed by atoms with E-state index in [2.05, 4.69) is 21.2 Å². The Bertz CT molecular complexity index is 463. The molecule has 2 N–H and O–H groups in total. The number of aliphatic carboxylic acids is 1. The molecule has 0 radical (unpaired) electrons. The van der Waals surface area contributed by atoms with E-state index in [9.17, 15) is 9.90 Å². The first-order valence-corrected chi connectivity index (χ1v) is 7.28. The van der Waals surface area contributed by atoms with Crippen molar-refractivity contribution >= 4 is 33.5 Å². The zero-order chi connectivity index (χ0) is 13.8. The van der Waals surface area contributed by atoms with Gasteiger partial charge in [-0.05, 0) is 36.6 Å². The van der Waals surface area contributed by atoms with E-state index in [0.29, 0.717) is 17.1 Å². The number of nitrogens with one attached hydrogen (secondary N) is 1. The molecule has 2 unspecified atom stereocenters. The lowest BCUT2D eigenvalue weighted by molar-refractivity contribution is -0.139. The molecule has 6 heteroatoms. The van der Waals surface area contributed by atoms with Crippen molar-refractivity contribution in [3.63, 3.8) is 0 Å². The van der Waals surface area contributed by atoms with Gasteiger partial charge in [-0.15, -0.1) is 0 Å². The van der Waals surface area contributed by atoms with Crippen molar-refractivity contribution in [1.82, 2.24) is 5.32 Å². The van der Waals surface area contributed by atoms with Gasteiger partial charge in [0.15, 0.2) is 0 Å². The van der Waals surface area contributed by atoms with Crippen LogP contribution in [0.3, 0.4) is 0 Å². The van der Waals surface area contributed by atoms with Gasteiger partial charge in [-0.1, -0.05) is 27.5 Å². The molecule has 1 aromatic rings. The number of carboxylic acids is 1. The Morgan fingerprint density at radius 3 is 3.05 bits per heavy atom. The minimum atomic E-state index is -0.930. The van der Waals surface area contributed by atoms with Crippen LogP contribution < -0.4 is 5.32 Å². The number of halogens is 2. The SMILES string of the molecule is O=C(O)C(NCC1CCCO1)c1cc(Cl)ccc1Br. The summed E-state index contributed by atoms with van der Waals surface area (Å²) in [6.45, 7) is 1.28. The van der Waals surface area contributed by atoms with Crippen LogP contribution in [0.5, 0.6) is 0 Å². The van der Waals surface area contributed by atoms with Crippen LogP contribution >= 0.6 is 27.5 Å². The molecule has 1 saturated heterocycles. The molecule has 0 aromatic heterocycles. The Labute approximate surface area is 125 Å². The predicted octanol–water partition coefficient (Wildman–Crippen LogP) is 3.00. The van der Waals surface area contributed by atoms with Crippen molar-refractivity contribution in [2.75, 3.05) is 13.2 Å². The van der Waals surface area contributed by atoms with Crippen molar-refractivity contribution < 1.29 is 14.6 Å². The van der Waals surface area contributed by atoms with Gasteiger partial charge in [0, 0.05) is 22.6 Å². The van der Waals surface area contributed by atoms with Crippen LogP contribution in [0.4, 0.5) is 0 Å². The number of carbonyl (C=O) groups is 1. The highest BCUT2D eigenvalue weighted by molar-refractivity contribution is 9.10. The van der Waals surface area contributed by atoms with Gasteiger partial charge in [0.25, 0.3) is 0 Å². The molecule has 1 aliphatic rings. The molecule has 104 valence electrons. The number of carboxylic acid groups (broad SMARTS) is 1. The summed E-state index contributed by atoms with van der Waals surface area (Å²) < 4.78 is 6.21. The van der Waals surface area contributed by atoms with Crippen molar-refractivity contribution in [3.05, 3.63) is 33.3 Å². The third-order valence-electron chi connectivity index (χ3n) is 3.09. The van der Waals surface area contributed by atoms with Crippen LogP contribution in [0.25, 0.3) is 0 Å².